The minimum atomic E-state index is -0.982. The van der Waals surface area contributed by atoms with E-state index >= 15 is 0 Å². The smallest absolute Gasteiger partial charge is 0.337 e. The van der Waals surface area contributed by atoms with Crippen LogP contribution in [-0.4, -0.2) is 27.3 Å². The monoisotopic (exact) mass is 251 g/mol. The van der Waals surface area contributed by atoms with E-state index in [-0.39, 0.29) is 5.56 Å². The summed E-state index contributed by atoms with van der Waals surface area (Å²) in [5, 5.41) is 22.4. The van der Waals surface area contributed by atoms with E-state index in [0.29, 0.717) is 5.69 Å². The quantitative estimate of drug-likeness (QED) is 0.769. The van der Waals surface area contributed by atoms with Gasteiger partial charge in [-0.3, -0.25) is 0 Å². The fourth-order valence-electron chi connectivity index (χ4n) is 1.44. The standard InChI is InChI=1S/C14H21NO3/c1-9-6-7-10(12(16)17)11(8-9)15-13(2,3)14(4,5)18/h6-8,15,18H,1-5H3,(H,16,17). The van der Waals surface area contributed by atoms with E-state index in [1.165, 1.54) is 0 Å². The number of carboxylic acid groups (broad SMARTS) is 1. The lowest BCUT2D eigenvalue weighted by molar-refractivity contribution is 0.0239. The molecule has 0 saturated carbocycles. The number of nitrogens with one attached hydrogen (secondary N) is 1. The van der Waals surface area contributed by atoms with Crippen LogP contribution in [0.15, 0.2) is 18.2 Å². The second-order valence-corrected chi connectivity index (χ2v) is 5.66. The Bertz CT molecular complexity index is 459. The van der Waals surface area contributed by atoms with Crippen LogP contribution < -0.4 is 5.32 Å². The Morgan fingerprint density at radius 3 is 2.22 bits per heavy atom. The zero-order valence-corrected chi connectivity index (χ0v) is 11.5. The average molecular weight is 251 g/mol. The van der Waals surface area contributed by atoms with Gasteiger partial charge in [-0.1, -0.05) is 6.07 Å². The first-order valence-corrected chi connectivity index (χ1v) is 5.89. The van der Waals surface area contributed by atoms with E-state index in [0.717, 1.165) is 5.56 Å². The fourth-order valence-corrected chi connectivity index (χ4v) is 1.44. The topological polar surface area (TPSA) is 69.6 Å². The Balaban J connectivity index is 3.18. The zero-order chi connectivity index (χ0) is 14.1. The fraction of sp³-hybridized carbons (Fsp3) is 0.500. The van der Waals surface area contributed by atoms with Crippen molar-refractivity contribution in [3.63, 3.8) is 0 Å². The molecule has 0 amide bonds. The SMILES string of the molecule is Cc1ccc(C(=O)O)c(NC(C)(C)C(C)(C)O)c1. The molecule has 0 bridgehead atoms. The van der Waals surface area contributed by atoms with Crippen molar-refractivity contribution in [2.75, 3.05) is 5.32 Å². The van der Waals surface area contributed by atoms with Gasteiger partial charge in [-0.15, -0.1) is 0 Å². The number of hydrogen-bond donors (Lipinski definition) is 3. The first kappa shape index (κ1) is 14.5. The molecule has 1 aromatic rings. The largest absolute Gasteiger partial charge is 0.478 e. The van der Waals surface area contributed by atoms with Crippen LogP contribution >= 0.6 is 0 Å². The average Bonchev–Trinajstić information content (AvgIpc) is 2.14. The second-order valence-electron chi connectivity index (χ2n) is 5.66. The van der Waals surface area contributed by atoms with Crippen molar-refractivity contribution in [3.8, 4) is 0 Å². The molecule has 1 aromatic carbocycles. The minimum absolute atomic E-state index is 0.206. The lowest BCUT2D eigenvalue weighted by Crippen LogP contribution is -2.51. The highest BCUT2D eigenvalue weighted by Gasteiger charge is 2.35. The number of hydrogen-bond acceptors (Lipinski definition) is 3. The van der Waals surface area contributed by atoms with Crippen molar-refractivity contribution in [2.24, 2.45) is 0 Å². The summed E-state index contributed by atoms with van der Waals surface area (Å²) in [4.78, 5) is 11.2. The first-order chi connectivity index (χ1) is 8.04. The summed E-state index contributed by atoms with van der Waals surface area (Å²) in [5.41, 5.74) is 0.0685. The molecule has 0 aliphatic rings. The maximum atomic E-state index is 11.2. The van der Waals surface area contributed by atoms with Gasteiger partial charge in [0, 0.05) is 5.69 Å². The van der Waals surface area contributed by atoms with Crippen LogP contribution in [0.4, 0.5) is 5.69 Å². The molecule has 4 nitrogen and oxygen atoms in total. The van der Waals surface area contributed by atoms with Gasteiger partial charge in [0.2, 0.25) is 0 Å². The highest BCUT2D eigenvalue weighted by atomic mass is 16.4. The van der Waals surface area contributed by atoms with Gasteiger partial charge >= 0.3 is 5.97 Å². The molecule has 3 N–H and O–H groups in total. The van der Waals surface area contributed by atoms with Crippen LogP contribution in [0, 0.1) is 6.92 Å². The van der Waals surface area contributed by atoms with Crippen molar-refractivity contribution < 1.29 is 15.0 Å². The number of anilines is 1. The molecule has 0 unspecified atom stereocenters. The molecule has 0 saturated heterocycles. The molecule has 0 spiro atoms. The molecular formula is C14H21NO3. The molecule has 4 heteroatoms. The molecule has 0 heterocycles. The molecule has 0 fully saturated rings. The third kappa shape index (κ3) is 3.01. The summed E-state index contributed by atoms with van der Waals surface area (Å²) >= 11 is 0. The Labute approximate surface area is 108 Å². The summed E-state index contributed by atoms with van der Waals surface area (Å²) in [6, 6.07) is 5.10. The maximum Gasteiger partial charge on any atom is 0.337 e. The molecule has 0 radical (unpaired) electrons. The molecule has 0 aromatic heterocycles. The van der Waals surface area contributed by atoms with Crippen LogP contribution in [0.3, 0.4) is 0 Å². The van der Waals surface area contributed by atoms with E-state index in [1.807, 2.05) is 20.8 Å². The summed E-state index contributed by atoms with van der Waals surface area (Å²) < 4.78 is 0. The zero-order valence-electron chi connectivity index (χ0n) is 11.5. The highest BCUT2D eigenvalue weighted by Crippen LogP contribution is 2.28. The van der Waals surface area contributed by atoms with Gasteiger partial charge < -0.3 is 15.5 Å². The number of carboxylic acids is 1. The Kier molecular flexibility index (Phi) is 3.72. The number of benzene rings is 1. The van der Waals surface area contributed by atoms with Gasteiger partial charge in [-0.05, 0) is 52.3 Å². The van der Waals surface area contributed by atoms with E-state index in [1.54, 1.807) is 32.0 Å². The van der Waals surface area contributed by atoms with Crippen LogP contribution in [-0.2, 0) is 0 Å². The summed E-state index contributed by atoms with van der Waals surface area (Å²) in [7, 11) is 0. The van der Waals surface area contributed by atoms with E-state index < -0.39 is 17.1 Å². The highest BCUT2D eigenvalue weighted by molar-refractivity contribution is 5.94. The van der Waals surface area contributed by atoms with E-state index in [2.05, 4.69) is 5.32 Å². The Morgan fingerprint density at radius 2 is 1.78 bits per heavy atom. The van der Waals surface area contributed by atoms with Crippen molar-refractivity contribution in [1.82, 2.24) is 0 Å². The number of aliphatic hydroxyl groups is 1. The van der Waals surface area contributed by atoms with Crippen molar-refractivity contribution in [3.05, 3.63) is 29.3 Å². The molecule has 18 heavy (non-hydrogen) atoms. The minimum Gasteiger partial charge on any atom is -0.478 e. The van der Waals surface area contributed by atoms with Gasteiger partial charge in [-0.25, -0.2) is 4.79 Å². The third-order valence-electron chi connectivity index (χ3n) is 3.38. The lowest BCUT2D eigenvalue weighted by Gasteiger charge is -2.39. The molecule has 0 aliphatic carbocycles. The van der Waals surface area contributed by atoms with Crippen molar-refractivity contribution in [2.45, 2.75) is 45.8 Å². The molecule has 1 rings (SSSR count). The van der Waals surface area contributed by atoms with E-state index in [4.69, 9.17) is 5.11 Å². The van der Waals surface area contributed by atoms with Gasteiger partial charge in [0.25, 0.3) is 0 Å². The number of rotatable bonds is 4. The lowest BCUT2D eigenvalue weighted by atomic mass is 9.85. The van der Waals surface area contributed by atoms with E-state index in [9.17, 15) is 9.90 Å². The van der Waals surface area contributed by atoms with Gasteiger partial charge in [0.15, 0.2) is 0 Å². The predicted octanol–water partition coefficient (Wildman–Crippen LogP) is 2.65. The molecular weight excluding hydrogens is 230 g/mol. The van der Waals surface area contributed by atoms with Crippen LogP contribution in [0.25, 0.3) is 0 Å². The van der Waals surface area contributed by atoms with Crippen LogP contribution in [0.2, 0.25) is 0 Å². The maximum absolute atomic E-state index is 11.2. The van der Waals surface area contributed by atoms with Gasteiger partial charge in [0.1, 0.15) is 0 Å². The third-order valence-corrected chi connectivity index (χ3v) is 3.38. The summed E-state index contributed by atoms with van der Waals surface area (Å²) in [5.74, 6) is -0.982. The summed E-state index contributed by atoms with van der Waals surface area (Å²) in [6.07, 6.45) is 0. The second kappa shape index (κ2) is 4.61. The molecule has 0 aliphatic heterocycles. The number of aryl methyl sites for hydroxylation is 1. The predicted molar refractivity (Wildman–Crippen MR) is 72.1 cm³/mol. The van der Waals surface area contributed by atoms with Gasteiger partial charge in [-0.2, -0.15) is 0 Å². The number of carbonyl (C=O) groups is 1. The first-order valence-electron chi connectivity index (χ1n) is 5.89. The van der Waals surface area contributed by atoms with Gasteiger partial charge in [0.05, 0.1) is 16.7 Å². The normalized spacial score (nSPS) is 12.3. The van der Waals surface area contributed by atoms with Crippen LogP contribution in [0.1, 0.15) is 43.6 Å². The van der Waals surface area contributed by atoms with Crippen molar-refractivity contribution >= 4 is 11.7 Å². The Hall–Kier alpha value is -1.55. The molecule has 100 valence electrons. The molecule has 0 atom stereocenters. The van der Waals surface area contributed by atoms with Crippen LogP contribution in [0.5, 0.6) is 0 Å². The van der Waals surface area contributed by atoms with Crippen molar-refractivity contribution in [1.29, 1.82) is 0 Å². The Morgan fingerprint density at radius 1 is 1.22 bits per heavy atom. The summed E-state index contributed by atoms with van der Waals surface area (Å²) in [6.45, 7) is 8.95. The number of aromatic carboxylic acids is 1.